The van der Waals surface area contributed by atoms with Gasteiger partial charge in [-0.05, 0) is 24.5 Å². The highest BCUT2D eigenvalue weighted by Crippen LogP contribution is 2.16. The Hall–Kier alpha value is -0.220. The second kappa shape index (κ2) is 7.12. The summed E-state index contributed by atoms with van der Waals surface area (Å²) < 4.78 is 0. The molecule has 1 unspecified atom stereocenters. The number of hydrogen-bond acceptors (Lipinski definition) is 3. The Balaban J connectivity index is 1.98. The van der Waals surface area contributed by atoms with Crippen LogP contribution in [0.4, 0.5) is 0 Å². The Bertz CT molecular complexity index is 191. The van der Waals surface area contributed by atoms with E-state index in [1.54, 1.807) is 0 Å². The average Bonchev–Trinajstić information content (AvgIpc) is 2.66. The molecule has 0 aromatic rings. The number of carbonyl (C=O) groups excluding carboxylic acids is 1. The zero-order chi connectivity index (χ0) is 11.1. The largest absolute Gasteiger partial charge is 0.355 e. The smallest absolute Gasteiger partial charge is 0.233 e. The maximum Gasteiger partial charge on any atom is 0.233 e. The van der Waals surface area contributed by atoms with Gasteiger partial charge in [-0.15, -0.1) is 0 Å². The molecule has 2 N–H and O–H groups in total. The first-order chi connectivity index (χ1) is 7.18. The number of nitrogens with one attached hydrogen (secondary N) is 2. The van der Waals surface area contributed by atoms with Crippen molar-refractivity contribution < 1.29 is 4.79 Å². The van der Waals surface area contributed by atoms with Crippen molar-refractivity contribution in [1.82, 2.24) is 10.6 Å². The van der Waals surface area contributed by atoms with Crippen molar-refractivity contribution in [3.8, 4) is 0 Å². The van der Waals surface area contributed by atoms with Crippen LogP contribution in [0.3, 0.4) is 0 Å². The normalized spacial score (nSPS) is 20.9. The van der Waals surface area contributed by atoms with Crippen LogP contribution in [0.1, 0.15) is 26.7 Å². The fourth-order valence-corrected chi connectivity index (χ4v) is 2.68. The van der Waals surface area contributed by atoms with E-state index in [4.69, 9.17) is 0 Å². The number of thioether (sulfide) groups is 1. The van der Waals surface area contributed by atoms with Crippen LogP contribution in [0.2, 0.25) is 0 Å². The van der Waals surface area contributed by atoms with Gasteiger partial charge in [0, 0.05) is 18.3 Å². The van der Waals surface area contributed by atoms with Crippen LogP contribution < -0.4 is 10.6 Å². The lowest BCUT2D eigenvalue weighted by molar-refractivity contribution is -0.120. The van der Waals surface area contributed by atoms with Crippen LogP contribution in [-0.2, 0) is 4.79 Å². The molecule has 1 rings (SSSR count). The Morgan fingerprint density at radius 1 is 1.53 bits per heavy atom. The molecule has 1 fully saturated rings. The molecule has 0 spiro atoms. The van der Waals surface area contributed by atoms with Crippen molar-refractivity contribution in [2.75, 3.05) is 24.6 Å². The summed E-state index contributed by atoms with van der Waals surface area (Å²) in [4.78, 5) is 11.4. The van der Waals surface area contributed by atoms with E-state index in [2.05, 4.69) is 24.5 Å². The first-order valence-electron chi connectivity index (χ1n) is 5.76. The van der Waals surface area contributed by atoms with E-state index in [1.165, 1.54) is 12.2 Å². The van der Waals surface area contributed by atoms with Gasteiger partial charge in [0.2, 0.25) is 5.91 Å². The first-order valence-corrected chi connectivity index (χ1v) is 6.91. The average molecular weight is 230 g/mol. The topological polar surface area (TPSA) is 41.1 Å². The highest BCUT2D eigenvalue weighted by atomic mass is 32.2. The highest BCUT2D eigenvalue weighted by Gasteiger charge is 2.15. The Morgan fingerprint density at radius 2 is 2.33 bits per heavy atom. The van der Waals surface area contributed by atoms with E-state index in [-0.39, 0.29) is 5.91 Å². The van der Waals surface area contributed by atoms with Gasteiger partial charge in [-0.25, -0.2) is 0 Å². The Labute approximate surface area is 96.8 Å². The molecule has 0 aromatic carbocycles. The lowest BCUT2D eigenvalue weighted by Gasteiger charge is -2.11. The summed E-state index contributed by atoms with van der Waals surface area (Å²) in [5.74, 6) is 3.17. The molecule has 0 radical (unpaired) electrons. The third kappa shape index (κ3) is 6.05. The van der Waals surface area contributed by atoms with Crippen LogP contribution in [-0.4, -0.2) is 36.5 Å². The van der Waals surface area contributed by atoms with Crippen LogP contribution in [0.5, 0.6) is 0 Å². The molecule has 0 aromatic heterocycles. The minimum absolute atomic E-state index is 0.132. The number of carbonyl (C=O) groups is 1. The van der Waals surface area contributed by atoms with Gasteiger partial charge in [-0.3, -0.25) is 4.79 Å². The van der Waals surface area contributed by atoms with E-state index in [9.17, 15) is 4.79 Å². The van der Waals surface area contributed by atoms with Crippen molar-refractivity contribution >= 4 is 17.7 Å². The third-order valence-electron chi connectivity index (χ3n) is 2.52. The van der Waals surface area contributed by atoms with Gasteiger partial charge in [-0.1, -0.05) is 13.8 Å². The molecule has 88 valence electrons. The summed E-state index contributed by atoms with van der Waals surface area (Å²) in [5.41, 5.74) is 0. The molecule has 1 saturated heterocycles. The molecule has 0 bridgehead atoms. The molecule has 3 nitrogen and oxygen atoms in total. The van der Waals surface area contributed by atoms with E-state index >= 15 is 0 Å². The maximum absolute atomic E-state index is 11.4. The van der Waals surface area contributed by atoms with Crippen LogP contribution >= 0.6 is 11.8 Å². The minimum Gasteiger partial charge on any atom is -0.355 e. The lowest BCUT2D eigenvalue weighted by atomic mass is 10.1. The molecule has 1 aliphatic heterocycles. The van der Waals surface area contributed by atoms with Gasteiger partial charge in [0.1, 0.15) is 0 Å². The summed E-state index contributed by atoms with van der Waals surface area (Å²) in [6.45, 7) is 5.61. The van der Waals surface area contributed by atoms with Crippen molar-refractivity contribution in [1.29, 1.82) is 0 Å². The zero-order valence-electron chi connectivity index (χ0n) is 9.71. The quantitative estimate of drug-likeness (QED) is 0.721. The second-order valence-electron chi connectivity index (χ2n) is 4.47. The molecule has 0 saturated carbocycles. The van der Waals surface area contributed by atoms with Gasteiger partial charge >= 0.3 is 0 Å². The standard InChI is InChI=1S/C11H22N2OS/c1-9(2)3-5-12-11(14)7-13-10-4-6-15-8-10/h9-10,13H,3-8H2,1-2H3,(H,12,14). The molecule has 15 heavy (non-hydrogen) atoms. The maximum atomic E-state index is 11.4. The molecule has 1 amide bonds. The van der Waals surface area contributed by atoms with Crippen LogP contribution in [0.15, 0.2) is 0 Å². The van der Waals surface area contributed by atoms with E-state index < -0.39 is 0 Å². The SMILES string of the molecule is CC(C)CCNC(=O)CNC1CCSC1. The molecule has 1 atom stereocenters. The number of rotatable bonds is 6. The molecule has 0 aliphatic carbocycles. The van der Waals surface area contributed by atoms with E-state index in [0.29, 0.717) is 18.5 Å². The van der Waals surface area contributed by atoms with Crippen molar-refractivity contribution in [2.24, 2.45) is 5.92 Å². The highest BCUT2D eigenvalue weighted by molar-refractivity contribution is 7.99. The molecule has 1 aliphatic rings. The second-order valence-corrected chi connectivity index (χ2v) is 5.62. The summed E-state index contributed by atoms with van der Waals surface area (Å²) in [6.07, 6.45) is 2.26. The predicted octanol–water partition coefficient (Wildman–Crippen LogP) is 1.24. The van der Waals surface area contributed by atoms with Crippen molar-refractivity contribution in [3.05, 3.63) is 0 Å². The third-order valence-corrected chi connectivity index (χ3v) is 3.69. The van der Waals surface area contributed by atoms with Crippen LogP contribution in [0, 0.1) is 5.92 Å². The lowest BCUT2D eigenvalue weighted by Crippen LogP contribution is -2.39. The monoisotopic (exact) mass is 230 g/mol. The fourth-order valence-electron chi connectivity index (χ4n) is 1.50. The van der Waals surface area contributed by atoms with Gasteiger partial charge in [-0.2, -0.15) is 11.8 Å². The molecule has 1 heterocycles. The summed E-state index contributed by atoms with van der Waals surface area (Å²) in [5, 5.41) is 6.22. The minimum atomic E-state index is 0.132. The van der Waals surface area contributed by atoms with Crippen molar-refractivity contribution in [2.45, 2.75) is 32.7 Å². The summed E-state index contributed by atoms with van der Waals surface area (Å²) >= 11 is 1.96. The summed E-state index contributed by atoms with van der Waals surface area (Å²) in [7, 11) is 0. The fraction of sp³-hybridized carbons (Fsp3) is 0.909. The van der Waals surface area contributed by atoms with Gasteiger partial charge < -0.3 is 10.6 Å². The molecule has 4 heteroatoms. The van der Waals surface area contributed by atoms with Crippen molar-refractivity contribution in [3.63, 3.8) is 0 Å². The van der Waals surface area contributed by atoms with E-state index in [0.717, 1.165) is 18.7 Å². The summed E-state index contributed by atoms with van der Waals surface area (Å²) in [6, 6.07) is 0.547. The van der Waals surface area contributed by atoms with Gasteiger partial charge in [0.15, 0.2) is 0 Å². The zero-order valence-corrected chi connectivity index (χ0v) is 10.5. The number of hydrogen-bond donors (Lipinski definition) is 2. The molecular weight excluding hydrogens is 208 g/mol. The van der Waals surface area contributed by atoms with Crippen LogP contribution in [0.25, 0.3) is 0 Å². The first kappa shape index (κ1) is 12.8. The van der Waals surface area contributed by atoms with E-state index in [1.807, 2.05) is 11.8 Å². The molecular formula is C11H22N2OS. The number of amides is 1. The van der Waals surface area contributed by atoms with Gasteiger partial charge in [0.05, 0.1) is 6.54 Å². The Kier molecular flexibility index (Phi) is 6.10. The Morgan fingerprint density at radius 3 is 2.93 bits per heavy atom. The van der Waals surface area contributed by atoms with Gasteiger partial charge in [0.25, 0.3) is 0 Å². The predicted molar refractivity (Wildman–Crippen MR) is 66.2 cm³/mol.